The first-order chi connectivity index (χ1) is 69.4. The fourth-order valence-electron chi connectivity index (χ4n) is 14.1. The zero-order valence-corrected chi connectivity index (χ0v) is 80.8. The van der Waals surface area contributed by atoms with Crippen LogP contribution in [0.4, 0.5) is 61.3 Å². The van der Waals surface area contributed by atoms with Crippen LogP contribution in [-0.4, -0.2) is 144 Å². The molecule has 16 aromatic rings. The third kappa shape index (κ3) is 25.8. The van der Waals surface area contributed by atoms with E-state index in [1.807, 2.05) is 167 Å². The van der Waals surface area contributed by atoms with Crippen molar-refractivity contribution in [1.29, 1.82) is 0 Å². The van der Waals surface area contributed by atoms with Crippen LogP contribution in [0.5, 0.6) is 0 Å². The lowest BCUT2D eigenvalue weighted by Crippen LogP contribution is -2.29. The van der Waals surface area contributed by atoms with E-state index in [9.17, 15) is 57.1 Å². The van der Waals surface area contributed by atoms with Crippen molar-refractivity contribution in [1.82, 2.24) is 73.8 Å². The standard InChI is InChI=1S/C23H23FN4O5.C23H20N4O3.C20H19ClN4O3.C19H18N4O3.C18H18N4O3S/c1-3-6-18(29)32-14-33-23(31)19-20(15-8-10-16(24)11-9-15)27-28(4-2)22(30)21(19)26-17-7-5-12-25-13-17;1-3-27-22(28)21(25-18-13-7-12-17-16(18)11-8-14-24-17)19(23(29)30-2)20(26-27)15-9-5-4-6-10-15;1-3-25-19(26)17(23-14-11-8-12-22-18(14)21)15(20(27)28-4-2)16(24-25)13-9-6-5-7-10-13;1-3-23-18(24)17(21-14-10-7-11-20-12-14)15(19(25)26-2)16(22-23)13-8-5-4-6-9-13;1-3-22-17(23)16(20-12-7-5-9-19-11-12)14(18(24)25-4-2)15(21-22)13-8-6-10-26-13/h5,7-13,26H,3-4,6,14H2,1-2H3;4-14,25H,3H2,1-2H3;5-12,23H,3-4H2,1-2H3;4-12,21H,3H2,1-2H3;5-11,20H,3-4H2,1-2H3. The van der Waals surface area contributed by atoms with Crippen LogP contribution < -0.4 is 54.4 Å². The number of pyridine rings is 5. The molecule has 0 atom stereocenters. The second-order valence-corrected chi connectivity index (χ2v) is 31.3. The molecule has 0 aliphatic heterocycles. The minimum Gasteiger partial charge on any atom is -0.465 e. The van der Waals surface area contributed by atoms with Crippen molar-refractivity contribution in [3.8, 4) is 55.6 Å². The number of nitrogens with one attached hydrogen (secondary N) is 5. The maximum absolute atomic E-state index is 13.5. The lowest BCUT2D eigenvalue weighted by molar-refractivity contribution is -0.152. The Morgan fingerprint density at radius 3 is 1.08 bits per heavy atom. The molecule has 11 aromatic heterocycles. The number of ether oxygens (including phenoxy) is 6. The number of anilines is 10. The molecule has 0 saturated carbocycles. The molecule has 16 rings (SSSR count). The third-order valence-electron chi connectivity index (χ3n) is 20.8. The number of esters is 6. The second-order valence-electron chi connectivity index (χ2n) is 30.0. The number of methoxy groups -OCH3 is 2. The molecule has 0 aliphatic carbocycles. The number of benzene rings is 5. The van der Waals surface area contributed by atoms with E-state index < -0.39 is 70.7 Å². The van der Waals surface area contributed by atoms with Gasteiger partial charge in [0.1, 0.15) is 90.5 Å². The SMILES string of the molecule is CCCC(=O)OCOC(=O)c1c(-c2ccc(F)cc2)nn(CC)c(=O)c1Nc1cccnc1.CCOC(=O)c1c(-c2ccccc2)nn(CC)c(=O)c1Nc1cccnc1Cl.CCOC(=O)c1c(-c2cccs2)nn(CC)c(=O)c1Nc1cccnc1.CCn1nc(-c2ccccc2)c(C(=O)OC)c(Nc2cccc3ncccc23)c1=O.CCn1nc(-c2ccccc2)c(C(=O)OC)c(Nc2cccnc2)c1=O. The van der Waals surface area contributed by atoms with E-state index in [2.05, 4.69) is 77.0 Å². The van der Waals surface area contributed by atoms with Crippen molar-refractivity contribution in [2.24, 2.45) is 0 Å². The maximum atomic E-state index is 13.5. The predicted octanol–water partition coefficient (Wildman–Crippen LogP) is 17.7. The number of aromatic nitrogens is 15. The molecule has 0 saturated heterocycles. The maximum Gasteiger partial charge on any atom is 0.345 e. The van der Waals surface area contributed by atoms with Crippen LogP contribution >= 0.6 is 22.9 Å². The minimum absolute atomic E-state index is 0.0454. The fraction of sp³-hybridized carbons (Fsp3) is 0.194. The van der Waals surface area contributed by atoms with Crippen LogP contribution in [0.25, 0.3) is 66.5 Å². The topological polar surface area (TPSA) is 457 Å². The number of hydrogen-bond donors (Lipinski definition) is 5. The monoisotopic (exact) mass is 1970 g/mol. The lowest BCUT2D eigenvalue weighted by atomic mass is 10.0. The molecule has 0 radical (unpaired) electrons. The number of fused-ring (bicyclic) bond motifs is 1. The molecule has 5 N–H and O–H groups in total. The first-order valence-corrected chi connectivity index (χ1v) is 46.3. The van der Waals surface area contributed by atoms with Gasteiger partial charge in [-0.15, -0.1) is 11.3 Å². The number of nitrogens with zero attached hydrogens (tertiary/aromatic N) is 15. The van der Waals surface area contributed by atoms with Crippen LogP contribution in [0.2, 0.25) is 5.15 Å². The number of thiophene rings is 1. The zero-order chi connectivity index (χ0) is 102. The molecule has 5 aromatic carbocycles. The molecule has 37 nitrogen and oxygen atoms in total. The summed E-state index contributed by atoms with van der Waals surface area (Å²) < 4.78 is 50.3. The Hall–Kier alpha value is -17.8. The van der Waals surface area contributed by atoms with Gasteiger partial charge in [-0.3, -0.25) is 48.7 Å². The summed E-state index contributed by atoms with van der Waals surface area (Å²) in [7, 11) is 2.56. The Morgan fingerprint density at radius 1 is 0.357 bits per heavy atom. The molecule has 0 bridgehead atoms. The van der Waals surface area contributed by atoms with Crippen LogP contribution in [0.3, 0.4) is 0 Å². The van der Waals surface area contributed by atoms with Gasteiger partial charge in [0.15, 0.2) is 5.15 Å². The number of aryl methyl sites for hydroxylation is 5. The highest BCUT2D eigenvalue weighted by Crippen LogP contribution is 2.37. The van der Waals surface area contributed by atoms with Crippen molar-refractivity contribution < 1.29 is 61.6 Å². The smallest absolute Gasteiger partial charge is 0.345 e. The molecule has 40 heteroatoms. The van der Waals surface area contributed by atoms with Gasteiger partial charge in [-0.2, -0.15) is 25.5 Å². The Balaban J connectivity index is 0.000000160. The summed E-state index contributed by atoms with van der Waals surface area (Å²) in [5.41, 5.74) is 5.92. The van der Waals surface area contributed by atoms with Gasteiger partial charge in [0.05, 0.1) is 79.2 Å². The highest BCUT2D eigenvalue weighted by atomic mass is 35.5. The molecule has 0 unspecified atom stereocenters. The van der Waals surface area contributed by atoms with E-state index in [1.165, 1.54) is 85.6 Å². The quantitative estimate of drug-likeness (QED) is 0.0117. The average molecular weight is 1970 g/mol. The summed E-state index contributed by atoms with van der Waals surface area (Å²) in [6.45, 7) is 15.6. The van der Waals surface area contributed by atoms with Gasteiger partial charge in [-0.1, -0.05) is 122 Å². The van der Waals surface area contributed by atoms with Crippen LogP contribution in [0, 0.1) is 5.82 Å². The number of rotatable bonds is 31. The molecule has 11 heterocycles. The molecule has 143 heavy (non-hydrogen) atoms. The van der Waals surface area contributed by atoms with Gasteiger partial charge in [0.25, 0.3) is 27.8 Å². The predicted molar refractivity (Wildman–Crippen MR) is 542 cm³/mol. The largest absolute Gasteiger partial charge is 0.465 e. The lowest BCUT2D eigenvalue weighted by Gasteiger charge is -2.17. The average Bonchev–Trinajstić information content (AvgIpc) is 1.20. The Bertz CT molecular complexity index is 7480. The van der Waals surface area contributed by atoms with Crippen LogP contribution in [0.1, 0.15) is 120 Å². The Labute approximate surface area is 826 Å². The van der Waals surface area contributed by atoms with Gasteiger partial charge in [-0.25, -0.2) is 56.8 Å². The van der Waals surface area contributed by atoms with Crippen LogP contribution in [0.15, 0.2) is 285 Å². The molecule has 732 valence electrons. The van der Waals surface area contributed by atoms with E-state index in [-0.39, 0.29) is 98.8 Å². The third-order valence-corrected chi connectivity index (χ3v) is 22.0. The van der Waals surface area contributed by atoms with E-state index >= 15 is 0 Å². The molecular weight excluding hydrogens is 1880 g/mol. The summed E-state index contributed by atoms with van der Waals surface area (Å²) in [5.74, 6) is -4.42. The first kappa shape index (κ1) is 104. The summed E-state index contributed by atoms with van der Waals surface area (Å²) in [6.07, 6.45) is 13.4. The summed E-state index contributed by atoms with van der Waals surface area (Å²) in [5, 5.41) is 39.9. The molecular formula is C103H98ClFN20O17S. The second kappa shape index (κ2) is 51.1. The number of carbonyl (C=O) groups excluding carboxylic acids is 6. The van der Waals surface area contributed by atoms with Crippen molar-refractivity contribution in [2.75, 3.05) is 60.8 Å². The fourth-order valence-corrected chi connectivity index (χ4v) is 15.0. The van der Waals surface area contributed by atoms with Crippen LogP contribution in [-0.2, 0) is 65.9 Å². The minimum atomic E-state index is -0.933. The van der Waals surface area contributed by atoms with Crippen molar-refractivity contribution >= 4 is 127 Å². The highest BCUT2D eigenvalue weighted by Gasteiger charge is 2.33. The van der Waals surface area contributed by atoms with Gasteiger partial charge in [0.2, 0.25) is 6.79 Å². The number of hydrogen-bond acceptors (Lipinski definition) is 33. The zero-order valence-electron chi connectivity index (χ0n) is 79.2. The number of carbonyl (C=O) groups is 6. The summed E-state index contributed by atoms with van der Waals surface area (Å²) >= 11 is 7.58. The Kier molecular flexibility index (Phi) is 37.2. The van der Waals surface area contributed by atoms with E-state index in [4.69, 9.17) is 40.0 Å². The van der Waals surface area contributed by atoms with Gasteiger partial charge >= 0.3 is 35.8 Å². The highest BCUT2D eigenvalue weighted by molar-refractivity contribution is 7.13. The summed E-state index contributed by atoms with van der Waals surface area (Å²) in [4.78, 5) is 162. The number of halogens is 2. The van der Waals surface area contributed by atoms with Crippen molar-refractivity contribution in [3.63, 3.8) is 0 Å². The van der Waals surface area contributed by atoms with Gasteiger partial charge < -0.3 is 55.0 Å². The molecule has 0 fully saturated rings. The Morgan fingerprint density at radius 2 is 0.713 bits per heavy atom. The van der Waals surface area contributed by atoms with E-state index in [0.29, 0.717) is 106 Å². The van der Waals surface area contributed by atoms with E-state index in [0.717, 1.165) is 15.8 Å². The first-order valence-electron chi connectivity index (χ1n) is 45.0. The molecule has 0 spiro atoms. The normalized spacial score (nSPS) is 10.5. The summed E-state index contributed by atoms with van der Waals surface area (Å²) in [6, 6.07) is 59.6. The van der Waals surface area contributed by atoms with Crippen molar-refractivity contribution in [3.05, 3.63) is 352 Å². The molecule has 0 aliphatic rings. The van der Waals surface area contributed by atoms with Gasteiger partial charge in [0, 0.05) is 103 Å². The van der Waals surface area contributed by atoms with Gasteiger partial charge in [-0.05, 0) is 163 Å². The van der Waals surface area contributed by atoms with E-state index in [1.54, 1.807) is 113 Å². The molecule has 0 amide bonds. The van der Waals surface area contributed by atoms with Crippen molar-refractivity contribution in [2.45, 2.75) is 101 Å².